The number of nitrogens with zero attached hydrogens (tertiary/aromatic N) is 3. The first-order valence-corrected chi connectivity index (χ1v) is 10.5. The summed E-state index contributed by atoms with van der Waals surface area (Å²) in [6.45, 7) is 6.71. The van der Waals surface area contributed by atoms with Crippen LogP contribution in [0.3, 0.4) is 0 Å². The number of rotatable bonds is 13. The monoisotopic (exact) mass is 487 g/mol. The molecule has 3 rings (SSSR count). The van der Waals surface area contributed by atoms with E-state index in [-0.39, 0.29) is 11.9 Å². The molecule has 0 unspecified atom stereocenters. The zero-order valence-electron chi connectivity index (χ0n) is 18.7. The van der Waals surface area contributed by atoms with Crippen LogP contribution in [0.25, 0.3) is 0 Å². The van der Waals surface area contributed by atoms with E-state index in [1.165, 1.54) is 0 Å². The third-order valence-electron chi connectivity index (χ3n) is 4.20. The van der Waals surface area contributed by atoms with E-state index in [0.29, 0.717) is 36.9 Å². The van der Waals surface area contributed by atoms with Crippen LogP contribution < -0.4 is 24.8 Å². The highest BCUT2D eigenvalue weighted by Crippen LogP contribution is 2.22. The molecule has 0 fully saturated rings. The quantitative estimate of drug-likeness (QED) is 0.314. The Balaban J connectivity index is 1.72. The van der Waals surface area contributed by atoms with Crippen LogP contribution in [-0.4, -0.2) is 40.9 Å². The highest BCUT2D eigenvalue weighted by atomic mass is 19.4. The van der Waals surface area contributed by atoms with Gasteiger partial charge in [0.15, 0.2) is 6.61 Å². The van der Waals surface area contributed by atoms with Gasteiger partial charge in [-0.2, -0.15) is 28.1 Å². The first kappa shape index (κ1) is 25.3. The van der Waals surface area contributed by atoms with Crippen LogP contribution in [-0.2, 0) is 6.54 Å². The Morgan fingerprint density at radius 1 is 0.771 bits per heavy atom. The largest absolute Gasteiger partial charge is 0.490 e. The molecule has 0 aliphatic rings. The van der Waals surface area contributed by atoms with E-state index in [0.717, 1.165) is 5.56 Å². The van der Waals surface area contributed by atoms with Gasteiger partial charge in [0.2, 0.25) is 11.9 Å². The Morgan fingerprint density at radius 3 is 1.91 bits per heavy atom. The summed E-state index contributed by atoms with van der Waals surface area (Å²) in [5, 5.41) is 5.90. The second kappa shape index (κ2) is 12.3. The number of ether oxygens (including phenoxy) is 3. The van der Waals surface area contributed by atoms with Gasteiger partial charge in [-0.25, -0.2) is 0 Å². The molecule has 8 nitrogen and oxygen atoms in total. The van der Waals surface area contributed by atoms with Crippen LogP contribution >= 0.6 is 0 Å². The summed E-state index contributed by atoms with van der Waals surface area (Å²) in [4.78, 5) is 12.1. The Kier molecular flexibility index (Phi) is 8.88. The molecular weight excluding hydrogens is 463 g/mol. The van der Waals surface area contributed by atoms with Crippen LogP contribution in [0.2, 0.25) is 0 Å². The fourth-order valence-corrected chi connectivity index (χ4v) is 2.66. The number of hydrogen-bond acceptors (Lipinski definition) is 8. The van der Waals surface area contributed by atoms with Gasteiger partial charge in [0.1, 0.15) is 24.7 Å². The summed E-state index contributed by atoms with van der Waals surface area (Å²) in [5.41, 5.74) is 1.46. The topological polar surface area (TPSA) is 90.4 Å². The van der Waals surface area contributed by atoms with E-state index in [1.807, 2.05) is 12.1 Å². The van der Waals surface area contributed by atoms with Crippen LogP contribution in [0.15, 0.2) is 73.8 Å². The number of nitrogens with one attached hydrogen (secondary N) is 2. The van der Waals surface area contributed by atoms with Gasteiger partial charge < -0.3 is 24.8 Å². The molecule has 1 heterocycles. The highest BCUT2D eigenvalue weighted by Gasteiger charge is 2.29. The van der Waals surface area contributed by atoms with Crippen molar-refractivity contribution in [3.8, 4) is 17.5 Å². The van der Waals surface area contributed by atoms with Crippen LogP contribution in [0.4, 0.5) is 30.8 Å². The maximum absolute atomic E-state index is 12.6. The van der Waals surface area contributed by atoms with E-state index < -0.39 is 18.8 Å². The molecule has 0 saturated carbocycles. The number of halogens is 3. The van der Waals surface area contributed by atoms with Crippen molar-refractivity contribution in [1.82, 2.24) is 15.0 Å². The molecule has 11 heteroatoms. The molecule has 0 amide bonds. The van der Waals surface area contributed by atoms with E-state index >= 15 is 0 Å². The highest BCUT2D eigenvalue weighted by molar-refractivity contribution is 5.55. The van der Waals surface area contributed by atoms with Crippen molar-refractivity contribution in [2.45, 2.75) is 12.7 Å². The fraction of sp³-hybridized carbons (Fsp3) is 0.208. The van der Waals surface area contributed by atoms with Gasteiger partial charge in [-0.3, -0.25) is 0 Å². The van der Waals surface area contributed by atoms with Gasteiger partial charge in [0, 0.05) is 12.2 Å². The molecule has 2 aromatic carbocycles. The number of benzene rings is 2. The minimum absolute atomic E-state index is 0.00704. The summed E-state index contributed by atoms with van der Waals surface area (Å²) < 4.78 is 53.5. The number of anilines is 3. The van der Waals surface area contributed by atoms with Crippen molar-refractivity contribution < 1.29 is 27.4 Å². The van der Waals surface area contributed by atoms with E-state index in [2.05, 4.69) is 38.7 Å². The summed E-state index contributed by atoms with van der Waals surface area (Å²) >= 11 is 0. The average molecular weight is 487 g/mol. The van der Waals surface area contributed by atoms with Crippen LogP contribution in [0.1, 0.15) is 5.56 Å². The van der Waals surface area contributed by atoms with Crippen molar-refractivity contribution >= 4 is 17.6 Å². The molecule has 1 aromatic heterocycles. The lowest BCUT2D eigenvalue weighted by Gasteiger charge is -2.12. The molecular formula is C24H24F3N5O3. The summed E-state index contributed by atoms with van der Waals surface area (Å²) in [6.07, 6.45) is -1.27. The van der Waals surface area contributed by atoms with E-state index in [9.17, 15) is 13.2 Å². The number of aromatic nitrogens is 3. The van der Waals surface area contributed by atoms with Crippen molar-refractivity contribution in [3.05, 3.63) is 79.4 Å². The average Bonchev–Trinajstić information content (AvgIpc) is 2.85. The predicted molar refractivity (Wildman–Crippen MR) is 126 cm³/mol. The minimum Gasteiger partial charge on any atom is -0.490 e. The lowest BCUT2D eigenvalue weighted by atomic mass is 10.2. The van der Waals surface area contributed by atoms with Crippen LogP contribution in [0.5, 0.6) is 17.5 Å². The molecule has 0 radical (unpaired) electrons. The summed E-state index contributed by atoms with van der Waals surface area (Å²) in [6, 6.07) is 13.6. The Labute approximate surface area is 200 Å². The van der Waals surface area contributed by atoms with E-state index in [1.54, 1.807) is 48.6 Å². The normalized spacial score (nSPS) is 10.8. The standard InChI is InChI=1S/C24H24F3N5O3/c1-3-13-33-19-9-5-17(6-10-19)15-28-21-30-22(32-23(31-21)35-16-24(25,26)27)29-18-7-11-20(12-8-18)34-14-4-2/h3-12H,1-2,13-16H2,(H2,28,29,30,31,32). The molecule has 35 heavy (non-hydrogen) atoms. The molecule has 0 atom stereocenters. The van der Waals surface area contributed by atoms with Gasteiger partial charge in [-0.1, -0.05) is 37.4 Å². The maximum atomic E-state index is 12.6. The first-order chi connectivity index (χ1) is 16.8. The molecule has 2 N–H and O–H groups in total. The SMILES string of the molecule is C=CCOc1ccc(CNc2nc(Nc3ccc(OCC=C)cc3)nc(OCC(F)(F)F)n2)cc1. The summed E-state index contributed by atoms with van der Waals surface area (Å²) in [7, 11) is 0. The molecule has 0 bridgehead atoms. The fourth-order valence-electron chi connectivity index (χ4n) is 2.66. The third kappa shape index (κ3) is 8.88. The smallest absolute Gasteiger partial charge is 0.422 e. The minimum atomic E-state index is -4.54. The Hall–Kier alpha value is -4.28. The lowest BCUT2D eigenvalue weighted by molar-refractivity contribution is -0.154. The van der Waals surface area contributed by atoms with Crippen molar-refractivity contribution in [1.29, 1.82) is 0 Å². The van der Waals surface area contributed by atoms with Gasteiger partial charge in [-0.15, -0.1) is 0 Å². The molecule has 184 valence electrons. The van der Waals surface area contributed by atoms with E-state index in [4.69, 9.17) is 14.2 Å². The van der Waals surface area contributed by atoms with Gasteiger partial charge >= 0.3 is 12.2 Å². The molecule has 0 spiro atoms. The first-order valence-electron chi connectivity index (χ1n) is 10.5. The molecule has 3 aromatic rings. The molecule has 0 aliphatic heterocycles. The van der Waals surface area contributed by atoms with Gasteiger partial charge in [0.25, 0.3) is 0 Å². The maximum Gasteiger partial charge on any atom is 0.422 e. The lowest BCUT2D eigenvalue weighted by Crippen LogP contribution is -2.21. The van der Waals surface area contributed by atoms with Crippen LogP contribution in [0, 0.1) is 0 Å². The Bertz CT molecular complexity index is 1110. The second-order valence-electron chi connectivity index (χ2n) is 7.02. The van der Waals surface area contributed by atoms with Gasteiger partial charge in [-0.05, 0) is 42.0 Å². The van der Waals surface area contributed by atoms with Crippen molar-refractivity contribution in [2.75, 3.05) is 30.5 Å². The summed E-state index contributed by atoms with van der Waals surface area (Å²) in [5.74, 6) is 1.36. The zero-order chi connectivity index (χ0) is 25.1. The molecule has 0 aliphatic carbocycles. The third-order valence-corrected chi connectivity index (χ3v) is 4.20. The zero-order valence-corrected chi connectivity index (χ0v) is 18.7. The van der Waals surface area contributed by atoms with Crippen molar-refractivity contribution in [3.63, 3.8) is 0 Å². The number of alkyl halides is 3. The molecule has 0 saturated heterocycles. The second-order valence-corrected chi connectivity index (χ2v) is 7.02. The number of hydrogen-bond donors (Lipinski definition) is 2. The predicted octanol–water partition coefficient (Wildman–Crippen LogP) is 5.30. The Morgan fingerprint density at radius 2 is 1.34 bits per heavy atom. The van der Waals surface area contributed by atoms with Crippen molar-refractivity contribution in [2.24, 2.45) is 0 Å². The van der Waals surface area contributed by atoms with Gasteiger partial charge in [0.05, 0.1) is 0 Å².